The Bertz CT molecular complexity index is 724. The molecule has 118 valence electrons. The highest BCUT2D eigenvalue weighted by Crippen LogP contribution is 2.37. The van der Waals surface area contributed by atoms with E-state index in [-0.39, 0.29) is 12.6 Å². The predicted octanol–water partition coefficient (Wildman–Crippen LogP) is 3.23. The molecule has 0 fully saturated rings. The van der Waals surface area contributed by atoms with Gasteiger partial charge < -0.3 is 15.4 Å². The molecule has 7 heteroatoms. The Hall–Kier alpha value is -2.15. The average Bonchev–Trinajstić information content (AvgIpc) is 2.78. The van der Waals surface area contributed by atoms with Crippen LogP contribution < -0.4 is 10.6 Å². The summed E-state index contributed by atoms with van der Waals surface area (Å²) >= 11 is 1.23. The fourth-order valence-corrected chi connectivity index (χ4v) is 3.37. The third-order valence-corrected chi connectivity index (χ3v) is 4.09. The number of hydrogen-bond acceptors (Lipinski definition) is 5. The number of urea groups is 1. The summed E-state index contributed by atoms with van der Waals surface area (Å²) in [4.78, 5) is 29.6. The smallest absolute Gasteiger partial charge is 0.350 e. The zero-order valence-corrected chi connectivity index (χ0v) is 13.9. The zero-order valence-electron chi connectivity index (χ0n) is 13.1. The van der Waals surface area contributed by atoms with Crippen LogP contribution in [0.2, 0.25) is 0 Å². The summed E-state index contributed by atoms with van der Waals surface area (Å²) in [7, 11) is 0. The molecule has 0 aromatic carbocycles. The lowest BCUT2D eigenvalue weighted by Gasteiger charge is -2.08. The molecule has 2 aromatic heterocycles. The Balaban J connectivity index is 2.59. The first-order valence-electron chi connectivity index (χ1n) is 7.10. The van der Waals surface area contributed by atoms with Gasteiger partial charge in [0.15, 0.2) is 0 Å². The van der Waals surface area contributed by atoms with Crippen LogP contribution in [-0.4, -0.2) is 30.1 Å². The number of aryl methyl sites for hydroxylation is 2. The minimum absolute atomic E-state index is 0.277. The van der Waals surface area contributed by atoms with Gasteiger partial charge in [0.25, 0.3) is 0 Å². The van der Waals surface area contributed by atoms with Gasteiger partial charge in [-0.15, -0.1) is 11.3 Å². The Morgan fingerprint density at radius 2 is 2.05 bits per heavy atom. The highest BCUT2D eigenvalue weighted by atomic mass is 32.1. The molecule has 0 saturated carbocycles. The molecule has 0 unspecified atom stereocenters. The van der Waals surface area contributed by atoms with Gasteiger partial charge in [-0.3, -0.25) is 0 Å². The van der Waals surface area contributed by atoms with Gasteiger partial charge >= 0.3 is 12.0 Å². The maximum Gasteiger partial charge on any atom is 0.350 e. The van der Waals surface area contributed by atoms with Gasteiger partial charge in [-0.05, 0) is 39.3 Å². The third kappa shape index (κ3) is 3.19. The number of ether oxygens (including phenoxy) is 1. The molecule has 0 saturated heterocycles. The second-order valence-electron chi connectivity index (χ2n) is 4.77. The van der Waals surface area contributed by atoms with Crippen LogP contribution >= 0.6 is 11.3 Å². The van der Waals surface area contributed by atoms with Crippen molar-refractivity contribution in [3.63, 3.8) is 0 Å². The van der Waals surface area contributed by atoms with E-state index in [0.29, 0.717) is 21.9 Å². The second-order valence-corrected chi connectivity index (χ2v) is 5.77. The molecule has 2 aromatic rings. The van der Waals surface area contributed by atoms with Crippen LogP contribution in [0, 0.1) is 13.8 Å². The monoisotopic (exact) mass is 321 g/mol. The van der Waals surface area contributed by atoms with Crippen molar-refractivity contribution in [3.05, 3.63) is 22.2 Å². The Morgan fingerprint density at radius 1 is 1.32 bits per heavy atom. The number of amides is 2. The van der Waals surface area contributed by atoms with Gasteiger partial charge in [0.05, 0.1) is 12.3 Å². The Kier molecular flexibility index (Phi) is 4.97. The average molecular weight is 321 g/mol. The second kappa shape index (κ2) is 6.74. The fourth-order valence-electron chi connectivity index (χ4n) is 2.22. The maximum absolute atomic E-state index is 12.2. The lowest BCUT2D eigenvalue weighted by atomic mass is 10.1. The van der Waals surface area contributed by atoms with Gasteiger partial charge in [-0.1, -0.05) is 0 Å². The molecule has 2 N–H and O–H groups in total. The molecule has 2 amide bonds. The van der Waals surface area contributed by atoms with Crippen LogP contribution in [0.5, 0.6) is 0 Å². The molecule has 0 spiro atoms. The number of rotatable bonds is 4. The van der Waals surface area contributed by atoms with E-state index in [2.05, 4.69) is 15.6 Å². The third-order valence-electron chi connectivity index (χ3n) is 3.02. The van der Waals surface area contributed by atoms with E-state index in [1.54, 1.807) is 6.92 Å². The SMILES string of the molecule is CCNC(=O)Nc1c(C(=O)OCC)sc2nc(C)cc(C)c12. The van der Waals surface area contributed by atoms with Gasteiger partial charge in [0.1, 0.15) is 9.71 Å². The van der Waals surface area contributed by atoms with Crippen molar-refractivity contribution in [1.29, 1.82) is 0 Å². The van der Waals surface area contributed by atoms with Crippen molar-refractivity contribution in [3.8, 4) is 0 Å². The molecule has 0 aliphatic rings. The lowest BCUT2D eigenvalue weighted by Crippen LogP contribution is -2.28. The van der Waals surface area contributed by atoms with Crippen LogP contribution in [0.4, 0.5) is 10.5 Å². The largest absolute Gasteiger partial charge is 0.462 e. The van der Waals surface area contributed by atoms with Crippen molar-refractivity contribution in [1.82, 2.24) is 10.3 Å². The van der Waals surface area contributed by atoms with Crippen molar-refractivity contribution in [2.45, 2.75) is 27.7 Å². The first kappa shape index (κ1) is 16.2. The van der Waals surface area contributed by atoms with Gasteiger partial charge in [0.2, 0.25) is 0 Å². The molecule has 22 heavy (non-hydrogen) atoms. The minimum atomic E-state index is -0.450. The fraction of sp³-hybridized carbons (Fsp3) is 0.400. The summed E-state index contributed by atoms with van der Waals surface area (Å²) < 4.78 is 5.08. The summed E-state index contributed by atoms with van der Waals surface area (Å²) in [6, 6.07) is 1.57. The molecule has 0 aliphatic heterocycles. The molecule has 2 rings (SSSR count). The number of aromatic nitrogens is 1. The van der Waals surface area contributed by atoms with Crippen LogP contribution in [0.15, 0.2) is 6.07 Å². The number of hydrogen-bond donors (Lipinski definition) is 2. The summed E-state index contributed by atoms with van der Waals surface area (Å²) in [5.41, 5.74) is 2.29. The number of pyridine rings is 1. The topological polar surface area (TPSA) is 80.3 Å². The van der Waals surface area contributed by atoms with Crippen molar-refractivity contribution < 1.29 is 14.3 Å². The minimum Gasteiger partial charge on any atom is -0.462 e. The van der Waals surface area contributed by atoms with Gasteiger partial charge in [-0.2, -0.15) is 0 Å². The summed E-state index contributed by atoms with van der Waals surface area (Å²) in [5.74, 6) is -0.450. The number of nitrogens with one attached hydrogen (secondary N) is 2. The summed E-state index contributed by atoms with van der Waals surface area (Å²) in [6.45, 7) is 8.18. The highest BCUT2D eigenvalue weighted by molar-refractivity contribution is 7.21. The van der Waals surface area contributed by atoms with Crippen molar-refractivity contribution in [2.75, 3.05) is 18.5 Å². The highest BCUT2D eigenvalue weighted by Gasteiger charge is 2.23. The molecule has 2 heterocycles. The van der Waals surface area contributed by atoms with Gasteiger partial charge in [0, 0.05) is 17.6 Å². The molecule has 0 aliphatic carbocycles. The van der Waals surface area contributed by atoms with Crippen molar-refractivity contribution >= 4 is 39.2 Å². The molecule has 6 nitrogen and oxygen atoms in total. The number of fused-ring (bicyclic) bond motifs is 1. The van der Waals surface area contributed by atoms with Crippen LogP contribution in [-0.2, 0) is 4.74 Å². The van der Waals surface area contributed by atoms with Crippen molar-refractivity contribution in [2.24, 2.45) is 0 Å². The van der Waals surface area contributed by atoms with E-state index >= 15 is 0 Å². The lowest BCUT2D eigenvalue weighted by molar-refractivity contribution is 0.0533. The Labute approximate surface area is 132 Å². The molecule has 0 radical (unpaired) electrons. The van der Waals surface area contributed by atoms with Crippen LogP contribution in [0.1, 0.15) is 34.8 Å². The first-order chi connectivity index (χ1) is 10.5. The summed E-state index contributed by atoms with van der Waals surface area (Å²) in [6.07, 6.45) is 0. The number of thiophene rings is 1. The van der Waals surface area contributed by atoms with E-state index in [1.807, 2.05) is 26.8 Å². The molecule has 0 bridgehead atoms. The van der Waals surface area contributed by atoms with E-state index in [0.717, 1.165) is 16.6 Å². The van der Waals surface area contributed by atoms with Crippen LogP contribution in [0.25, 0.3) is 10.2 Å². The van der Waals surface area contributed by atoms with Crippen LogP contribution in [0.3, 0.4) is 0 Å². The number of nitrogens with zero attached hydrogens (tertiary/aromatic N) is 1. The van der Waals surface area contributed by atoms with E-state index in [9.17, 15) is 9.59 Å². The molecular weight excluding hydrogens is 302 g/mol. The summed E-state index contributed by atoms with van der Waals surface area (Å²) in [5, 5.41) is 6.20. The zero-order chi connectivity index (χ0) is 16.3. The van der Waals surface area contributed by atoms with E-state index in [4.69, 9.17) is 4.74 Å². The number of anilines is 1. The quantitative estimate of drug-likeness (QED) is 0.847. The predicted molar refractivity (Wildman–Crippen MR) is 87.7 cm³/mol. The Morgan fingerprint density at radius 3 is 2.68 bits per heavy atom. The van der Waals surface area contributed by atoms with E-state index < -0.39 is 5.97 Å². The first-order valence-corrected chi connectivity index (χ1v) is 7.92. The van der Waals surface area contributed by atoms with E-state index in [1.165, 1.54) is 11.3 Å². The molecule has 0 atom stereocenters. The normalized spacial score (nSPS) is 10.5. The number of carbonyl (C=O) groups excluding carboxylic acids is 2. The maximum atomic E-state index is 12.2. The number of carbonyl (C=O) groups is 2. The van der Waals surface area contributed by atoms with Gasteiger partial charge in [-0.25, -0.2) is 14.6 Å². The number of esters is 1. The standard InChI is InChI=1S/C15H19N3O3S/c1-5-16-15(20)18-11-10-8(3)7-9(4)17-13(10)22-12(11)14(19)21-6-2/h7H,5-6H2,1-4H3,(H2,16,18,20). The molecular formula is C15H19N3O3S.